The van der Waals surface area contributed by atoms with Crippen LogP contribution in [0.1, 0.15) is 24.1 Å². The lowest BCUT2D eigenvalue weighted by Crippen LogP contribution is -2.65. The van der Waals surface area contributed by atoms with Crippen LogP contribution < -0.4 is 27.8 Å². The van der Waals surface area contributed by atoms with Crippen LogP contribution >= 0.6 is 0 Å². The van der Waals surface area contributed by atoms with Gasteiger partial charge in [0.2, 0.25) is 5.92 Å². The Bertz CT molecular complexity index is 1630. The number of aryl methyl sites for hydroxylation is 1. The molecule has 1 aliphatic carbocycles. The van der Waals surface area contributed by atoms with Gasteiger partial charge in [-0.25, -0.2) is 32.8 Å². The minimum atomic E-state index is -2.70. The highest BCUT2D eigenvalue weighted by molar-refractivity contribution is 5.74. The first-order valence-corrected chi connectivity index (χ1v) is 12.0. The number of nitrogens with zero attached hydrogens (tertiary/aromatic N) is 5. The predicted molar refractivity (Wildman–Crippen MR) is 137 cm³/mol. The molecule has 204 valence electrons. The van der Waals surface area contributed by atoms with E-state index in [2.05, 4.69) is 10.9 Å². The highest BCUT2D eigenvalue weighted by Crippen LogP contribution is 2.57. The van der Waals surface area contributed by atoms with Crippen LogP contribution in [-0.4, -0.2) is 38.0 Å². The van der Waals surface area contributed by atoms with Crippen molar-refractivity contribution >= 4 is 17.1 Å². The largest absolute Gasteiger partial charge is 0.397 e. The van der Waals surface area contributed by atoms with Gasteiger partial charge in [-0.15, -0.1) is 6.42 Å². The molecule has 1 saturated heterocycles. The fraction of sp³-hybridized carbons (Fsp3) is 0.346. The third-order valence-corrected chi connectivity index (χ3v) is 7.12. The summed E-state index contributed by atoms with van der Waals surface area (Å²) in [6.45, 7) is 2.04. The van der Waals surface area contributed by atoms with Crippen molar-refractivity contribution in [2.45, 2.75) is 38.8 Å². The van der Waals surface area contributed by atoms with Crippen molar-refractivity contribution in [3.63, 3.8) is 0 Å². The normalized spacial score (nSPS) is 17.4. The van der Waals surface area contributed by atoms with Crippen LogP contribution in [-0.2, 0) is 13.1 Å². The number of benzene rings is 1. The molecule has 2 aliphatic rings. The summed E-state index contributed by atoms with van der Waals surface area (Å²) in [5.74, 6) is 3.55. The van der Waals surface area contributed by atoms with Gasteiger partial charge in [-0.1, -0.05) is 5.92 Å². The van der Waals surface area contributed by atoms with Crippen molar-refractivity contribution in [3.05, 3.63) is 74.3 Å². The van der Waals surface area contributed by atoms with Gasteiger partial charge in [0.25, 0.3) is 5.56 Å². The number of nitrogens with two attached hydrogens (primary N) is 2. The number of likely N-dealkylation sites (tertiary alicyclic amines) is 1. The maximum Gasteiger partial charge on any atom is 0.336 e. The van der Waals surface area contributed by atoms with E-state index in [0.717, 1.165) is 26.3 Å². The van der Waals surface area contributed by atoms with Crippen LogP contribution in [0.4, 0.5) is 34.6 Å². The average molecular weight is 544 g/mol. The van der Waals surface area contributed by atoms with Crippen molar-refractivity contribution < 1.29 is 17.6 Å². The Morgan fingerprint density at radius 1 is 1.13 bits per heavy atom. The van der Waals surface area contributed by atoms with Crippen LogP contribution in [0.15, 0.2) is 40.2 Å². The van der Waals surface area contributed by atoms with Crippen molar-refractivity contribution in [3.8, 4) is 18.0 Å². The molecule has 1 aliphatic heterocycles. The van der Waals surface area contributed by atoms with E-state index in [0.29, 0.717) is 18.7 Å². The number of hydrogen-bond acceptors (Lipinski definition) is 7. The number of rotatable bonds is 6. The molecule has 0 bridgehead atoms. The van der Waals surface area contributed by atoms with E-state index in [1.54, 1.807) is 17.9 Å². The van der Waals surface area contributed by atoms with Crippen LogP contribution in [0, 0.1) is 36.3 Å². The van der Waals surface area contributed by atoms with E-state index in [-0.39, 0.29) is 54.4 Å². The number of nitrogen functional groups attached to an aromatic ring is 1. The summed E-state index contributed by atoms with van der Waals surface area (Å²) in [5, 5.41) is 0.786. The summed E-state index contributed by atoms with van der Waals surface area (Å²) < 4.78 is 57.1. The molecule has 5 rings (SSSR count). The van der Waals surface area contributed by atoms with Gasteiger partial charge in [-0.05, 0) is 18.6 Å². The van der Waals surface area contributed by atoms with Gasteiger partial charge in [0.1, 0.15) is 5.69 Å². The minimum Gasteiger partial charge on any atom is -0.397 e. The second-order valence-corrected chi connectivity index (χ2v) is 10.3. The first kappa shape index (κ1) is 26.5. The number of aromatic nitrogens is 3. The fourth-order valence-corrected chi connectivity index (χ4v) is 5.60. The molecule has 39 heavy (non-hydrogen) atoms. The lowest BCUT2D eigenvalue weighted by molar-refractivity contribution is -0.215. The summed E-state index contributed by atoms with van der Waals surface area (Å²) in [4.78, 5) is 33.4. The van der Waals surface area contributed by atoms with Crippen molar-refractivity contribution in [1.29, 1.82) is 0 Å². The third-order valence-electron chi connectivity index (χ3n) is 7.12. The van der Waals surface area contributed by atoms with Crippen molar-refractivity contribution in [2.24, 2.45) is 11.3 Å². The first-order valence-electron chi connectivity index (χ1n) is 12.0. The first-order chi connectivity index (χ1) is 18.3. The molecule has 3 heterocycles. The maximum atomic E-state index is 14.2. The van der Waals surface area contributed by atoms with E-state index >= 15 is 0 Å². The monoisotopic (exact) mass is 543 g/mol. The van der Waals surface area contributed by atoms with Crippen LogP contribution in [0.2, 0.25) is 0 Å². The summed E-state index contributed by atoms with van der Waals surface area (Å²) in [6, 6.07) is 3.01. The summed E-state index contributed by atoms with van der Waals surface area (Å²) in [5.41, 5.74) is 3.83. The molecule has 1 spiro atoms. The Labute approximate surface area is 220 Å². The van der Waals surface area contributed by atoms with E-state index in [1.807, 2.05) is 0 Å². The van der Waals surface area contributed by atoms with Crippen molar-refractivity contribution in [2.75, 3.05) is 23.8 Å². The van der Waals surface area contributed by atoms with E-state index in [9.17, 15) is 27.2 Å². The van der Waals surface area contributed by atoms with Gasteiger partial charge in [-0.3, -0.25) is 24.3 Å². The number of halogens is 4. The second kappa shape index (κ2) is 9.25. The fourth-order valence-electron chi connectivity index (χ4n) is 5.60. The Balaban J connectivity index is 1.69. The topological polar surface area (TPSA) is 115 Å². The Kier molecular flexibility index (Phi) is 6.27. The molecule has 0 unspecified atom stereocenters. The molecule has 3 aromatic rings. The molecule has 13 heteroatoms. The van der Waals surface area contributed by atoms with Crippen LogP contribution in [0.25, 0.3) is 5.69 Å². The quantitative estimate of drug-likeness (QED) is 0.161. The van der Waals surface area contributed by atoms with Gasteiger partial charge in [0.05, 0.1) is 35.5 Å². The molecule has 2 aromatic heterocycles. The molecule has 1 saturated carbocycles. The number of terminal acetylenes is 1. The van der Waals surface area contributed by atoms with Crippen LogP contribution in [0.5, 0.6) is 0 Å². The molecule has 9 nitrogen and oxygen atoms in total. The van der Waals surface area contributed by atoms with E-state index in [1.165, 1.54) is 12.4 Å². The van der Waals surface area contributed by atoms with E-state index < -0.39 is 34.2 Å². The van der Waals surface area contributed by atoms with Gasteiger partial charge in [0, 0.05) is 56.2 Å². The molecule has 1 aromatic carbocycles. The zero-order chi connectivity index (χ0) is 28.3. The number of anilines is 3. The summed E-state index contributed by atoms with van der Waals surface area (Å²) in [6.07, 6.45) is 7.93. The third kappa shape index (κ3) is 4.55. The SMILES string of the molecule is C#CCn1c(CN2CC3(C2)CC(F)(F)C3)c(N(N)c2cc(F)c(F)cc2N)c(=O)n(-c2cncc(C)c2)c1=O. The smallest absolute Gasteiger partial charge is 0.336 e. The van der Waals surface area contributed by atoms with Gasteiger partial charge >= 0.3 is 5.69 Å². The number of alkyl halides is 2. The zero-order valence-corrected chi connectivity index (χ0v) is 20.9. The van der Waals surface area contributed by atoms with Crippen molar-refractivity contribution in [1.82, 2.24) is 19.0 Å². The van der Waals surface area contributed by atoms with Gasteiger partial charge < -0.3 is 5.73 Å². The minimum absolute atomic E-state index is 0.0427. The highest BCUT2D eigenvalue weighted by atomic mass is 19.3. The summed E-state index contributed by atoms with van der Waals surface area (Å²) in [7, 11) is 0. The maximum absolute atomic E-state index is 14.2. The number of pyridine rings is 1. The molecule has 4 N–H and O–H groups in total. The standard InChI is InChI=1S/C26H25F4N7O2/c1-3-4-35-21(10-34-13-25(14-34)11-26(29,30)12-25)22(37(32)20-7-18(28)17(27)6-19(20)31)23(38)36(24(35)39)16-5-15(2)8-33-9-16/h1,5-9H,4,10-14,31-32H2,2H3. The molecule has 2 fully saturated rings. The van der Waals surface area contributed by atoms with Crippen LogP contribution in [0.3, 0.4) is 0 Å². The van der Waals surface area contributed by atoms with E-state index in [4.69, 9.17) is 18.0 Å². The molecular formula is C26H25F4N7O2. The lowest BCUT2D eigenvalue weighted by atomic mass is 9.61. The molecular weight excluding hydrogens is 518 g/mol. The Morgan fingerprint density at radius 2 is 1.79 bits per heavy atom. The Hall–Kier alpha value is -4.15. The Morgan fingerprint density at radius 3 is 2.41 bits per heavy atom. The lowest BCUT2D eigenvalue weighted by Gasteiger charge is -2.58. The molecule has 0 radical (unpaired) electrons. The number of hydrogen-bond donors (Lipinski definition) is 2. The second-order valence-electron chi connectivity index (χ2n) is 10.3. The zero-order valence-electron chi connectivity index (χ0n) is 20.9. The predicted octanol–water partition coefficient (Wildman–Crippen LogP) is 2.44. The number of hydrazine groups is 1. The van der Waals surface area contributed by atoms with Gasteiger partial charge in [-0.2, -0.15) is 0 Å². The molecule has 0 atom stereocenters. The summed E-state index contributed by atoms with van der Waals surface area (Å²) >= 11 is 0. The molecule has 0 amide bonds. The highest BCUT2D eigenvalue weighted by Gasteiger charge is 2.61. The average Bonchev–Trinajstić information content (AvgIpc) is 2.81. The van der Waals surface area contributed by atoms with Gasteiger partial charge in [0.15, 0.2) is 11.6 Å².